The zero-order valence-corrected chi connectivity index (χ0v) is 11.0. The van der Waals surface area contributed by atoms with E-state index < -0.39 is 0 Å². The predicted molar refractivity (Wildman–Crippen MR) is 69.4 cm³/mol. The third-order valence-electron chi connectivity index (χ3n) is 3.41. The second kappa shape index (κ2) is 5.15. The number of aromatic amines is 1. The van der Waals surface area contributed by atoms with Crippen molar-refractivity contribution in [1.29, 1.82) is 0 Å². The molecule has 1 aromatic heterocycles. The van der Waals surface area contributed by atoms with E-state index in [2.05, 4.69) is 28.3 Å². The summed E-state index contributed by atoms with van der Waals surface area (Å²) in [6, 6.07) is 0.479. The minimum atomic E-state index is 0.479. The normalized spacial score (nSPS) is 19.1. The first-order chi connectivity index (χ1) is 7.72. The summed E-state index contributed by atoms with van der Waals surface area (Å²) in [7, 11) is 0. The van der Waals surface area contributed by atoms with Gasteiger partial charge in [0.05, 0.1) is 0 Å². The predicted octanol–water partition coefficient (Wildman–Crippen LogP) is 2.76. The molecule has 1 saturated heterocycles. The Hall–Kier alpha value is -0.610. The van der Waals surface area contributed by atoms with E-state index in [1.807, 2.05) is 6.20 Å². The molecule has 1 aliphatic rings. The van der Waals surface area contributed by atoms with Gasteiger partial charge in [0.25, 0.3) is 0 Å². The molecule has 0 saturated carbocycles. The first kappa shape index (κ1) is 11.9. The van der Waals surface area contributed by atoms with Crippen LogP contribution in [0.3, 0.4) is 0 Å². The number of hydrogen-bond acceptors (Lipinski definition) is 2. The van der Waals surface area contributed by atoms with Gasteiger partial charge in [0.2, 0.25) is 0 Å². The van der Waals surface area contributed by atoms with E-state index in [1.165, 1.54) is 31.6 Å². The van der Waals surface area contributed by atoms with Gasteiger partial charge < -0.3 is 14.5 Å². The Kier molecular flexibility index (Phi) is 3.82. The van der Waals surface area contributed by atoms with E-state index >= 15 is 0 Å². The van der Waals surface area contributed by atoms with Gasteiger partial charge in [-0.25, -0.2) is 0 Å². The van der Waals surface area contributed by atoms with Crippen LogP contribution < -0.4 is 0 Å². The van der Waals surface area contributed by atoms with Gasteiger partial charge in [0, 0.05) is 24.5 Å². The molecule has 4 heteroatoms. The molecular formula is C12H21N3S. The van der Waals surface area contributed by atoms with Crippen molar-refractivity contribution in [2.45, 2.75) is 39.2 Å². The molecule has 1 aromatic rings. The van der Waals surface area contributed by atoms with Gasteiger partial charge >= 0.3 is 0 Å². The number of hydrogen-bond donors (Lipinski definition) is 1. The highest BCUT2D eigenvalue weighted by Gasteiger charge is 2.17. The summed E-state index contributed by atoms with van der Waals surface area (Å²) in [4.78, 5) is 5.69. The molecule has 1 aliphatic heterocycles. The maximum atomic E-state index is 5.35. The molecule has 2 heterocycles. The van der Waals surface area contributed by atoms with Gasteiger partial charge in [0.1, 0.15) is 0 Å². The fourth-order valence-electron chi connectivity index (χ4n) is 2.59. The first-order valence-corrected chi connectivity index (χ1v) is 6.64. The van der Waals surface area contributed by atoms with Gasteiger partial charge in [0.15, 0.2) is 4.77 Å². The Labute approximate surface area is 102 Å². The average Bonchev–Trinajstić information content (AvgIpc) is 2.87. The molecule has 1 atom stereocenters. The molecular weight excluding hydrogens is 218 g/mol. The fourth-order valence-corrected chi connectivity index (χ4v) is 2.95. The monoisotopic (exact) mass is 239 g/mol. The quantitative estimate of drug-likeness (QED) is 0.817. The number of likely N-dealkylation sites (tertiary alicyclic amines) is 1. The van der Waals surface area contributed by atoms with Gasteiger partial charge in [-0.1, -0.05) is 6.92 Å². The highest BCUT2D eigenvalue weighted by atomic mass is 32.1. The smallest absolute Gasteiger partial charge is 0.177 e. The number of nitrogens with one attached hydrogen (secondary N) is 1. The molecule has 0 radical (unpaired) electrons. The van der Waals surface area contributed by atoms with Crippen molar-refractivity contribution in [3.05, 3.63) is 16.7 Å². The molecule has 0 bridgehead atoms. The summed E-state index contributed by atoms with van der Waals surface area (Å²) < 4.78 is 3.14. The Balaban J connectivity index is 2.09. The Morgan fingerprint density at radius 3 is 2.75 bits per heavy atom. The lowest BCUT2D eigenvalue weighted by Gasteiger charge is -2.22. The lowest BCUT2D eigenvalue weighted by Crippen LogP contribution is -2.27. The molecule has 1 N–H and O–H groups in total. The van der Waals surface area contributed by atoms with Crippen LogP contribution in [0.25, 0.3) is 0 Å². The van der Waals surface area contributed by atoms with Gasteiger partial charge in [-0.3, -0.25) is 0 Å². The maximum Gasteiger partial charge on any atom is 0.177 e. The lowest BCUT2D eigenvalue weighted by atomic mass is 10.2. The van der Waals surface area contributed by atoms with Crippen LogP contribution in [0, 0.1) is 4.77 Å². The molecule has 3 nitrogen and oxygen atoms in total. The second-order valence-electron chi connectivity index (χ2n) is 4.67. The average molecular weight is 239 g/mol. The van der Waals surface area contributed by atoms with E-state index in [0.29, 0.717) is 6.04 Å². The van der Waals surface area contributed by atoms with Crippen molar-refractivity contribution in [3.8, 4) is 0 Å². The minimum absolute atomic E-state index is 0.479. The highest BCUT2D eigenvalue weighted by molar-refractivity contribution is 7.71. The zero-order chi connectivity index (χ0) is 11.5. The third kappa shape index (κ3) is 2.38. The molecule has 16 heavy (non-hydrogen) atoms. The molecule has 0 spiro atoms. The van der Waals surface area contributed by atoms with E-state index in [4.69, 9.17) is 12.2 Å². The highest BCUT2D eigenvalue weighted by Crippen LogP contribution is 2.16. The number of H-pyrrole nitrogens is 1. The van der Waals surface area contributed by atoms with Gasteiger partial charge in [-0.15, -0.1) is 0 Å². The van der Waals surface area contributed by atoms with Crippen molar-refractivity contribution in [2.24, 2.45) is 0 Å². The third-order valence-corrected chi connectivity index (χ3v) is 3.73. The molecule has 1 fully saturated rings. The summed E-state index contributed by atoms with van der Waals surface area (Å²) in [5.41, 5.74) is 1.32. The number of aromatic nitrogens is 2. The van der Waals surface area contributed by atoms with Crippen LogP contribution in [0.15, 0.2) is 6.20 Å². The van der Waals surface area contributed by atoms with Gasteiger partial charge in [-0.2, -0.15) is 0 Å². The summed E-state index contributed by atoms with van der Waals surface area (Å²) >= 11 is 5.35. The summed E-state index contributed by atoms with van der Waals surface area (Å²) in [5, 5.41) is 0. The Bertz CT molecular complexity index is 387. The fraction of sp³-hybridized carbons (Fsp3) is 0.750. The zero-order valence-electron chi connectivity index (χ0n) is 10.2. The molecule has 0 aromatic carbocycles. The van der Waals surface area contributed by atoms with Crippen LogP contribution in [0.5, 0.6) is 0 Å². The number of nitrogens with zero attached hydrogens (tertiary/aromatic N) is 2. The Morgan fingerprint density at radius 2 is 2.12 bits per heavy atom. The van der Waals surface area contributed by atoms with Crippen LogP contribution in [0.2, 0.25) is 0 Å². The van der Waals surface area contributed by atoms with Crippen LogP contribution in [0.1, 0.15) is 38.4 Å². The van der Waals surface area contributed by atoms with E-state index in [1.54, 1.807) is 0 Å². The summed E-state index contributed by atoms with van der Waals surface area (Å²) in [5.74, 6) is 0. The van der Waals surface area contributed by atoms with Gasteiger partial charge in [-0.05, 0) is 51.5 Å². The van der Waals surface area contributed by atoms with E-state index in [-0.39, 0.29) is 0 Å². The number of aryl methyl sites for hydroxylation is 1. The second-order valence-corrected chi connectivity index (χ2v) is 5.05. The SMILES string of the molecule is CCc1c[nH]c(=S)n1C(C)CN1CCCC1. The van der Waals surface area contributed by atoms with Crippen LogP contribution in [0.4, 0.5) is 0 Å². The van der Waals surface area contributed by atoms with Crippen molar-refractivity contribution >= 4 is 12.2 Å². The van der Waals surface area contributed by atoms with Crippen LogP contribution in [-0.4, -0.2) is 34.1 Å². The Morgan fingerprint density at radius 1 is 1.44 bits per heavy atom. The molecule has 90 valence electrons. The number of imidazole rings is 1. The largest absolute Gasteiger partial charge is 0.337 e. The maximum absolute atomic E-state index is 5.35. The molecule has 2 rings (SSSR count). The summed E-state index contributed by atoms with van der Waals surface area (Å²) in [6.45, 7) is 8.07. The first-order valence-electron chi connectivity index (χ1n) is 6.23. The van der Waals surface area contributed by atoms with Crippen molar-refractivity contribution in [1.82, 2.24) is 14.5 Å². The molecule has 0 aliphatic carbocycles. The minimum Gasteiger partial charge on any atom is -0.337 e. The van der Waals surface area contributed by atoms with Crippen molar-refractivity contribution in [2.75, 3.05) is 19.6 Å². The van der Waals surface area contributed by atoms with Crippen LogP contribution >= 0.6 is 12.2 Å². The summed E-state index contributed by atoms with van der Waals surface area (Å²) in [6.07, 6.45) is 5.79. The van der Waals surface area contributed by atoms with E-state index in [0.717, 1.165) is 17.7 Å². The van der Waals surface area contributed by atoms with Crippen LogP contribution in [-0.2, 0) is 6.42 Å². The molecule has 0 amide bonds. The lowest BCUT2D eigenvalue weighted by molar-refractivity contribution is 0.284. The van der Waals surface area contributed by atoms with E-state index in [9.17, 15) is 0 Å². The van der Waals surface area contributed by atoms with Crippen molar-refractivity contribution < 1.29 is 0 Å². The van der Waals surface area contributed by atoms with Crippen molar-refractivity contribution in [3.63, 3.8) is 0 Å². The topological polar surface area (TPSA) is 24.0 Å². The standard InChI is InChI=1S/C12H21N3S/c1-3-11-8-13-12(16)15(11)10(2)9-14-6-4-5-7-14/h8,10H,3-7,9H2,1-2H3,(H,13,16). The molecule has 1 unspecified atom stereocenters. The number of rotatable bonds is 4.